The molecule has 1 N–H and O–H groups in total. The molecule has 0 radical (unpaired) electrons. The van der Waals surface area contributed by atoms with Gasteiger partial charge < -0.3 is 5.32 Å². The Balaban J connectivity index is 2.56. The van der Waals surface area contributed by atoms with Gasteiger partial charge in [-0.15, -0.1) is 0 Å². The molecule has 18 heavy (non-hydrogen) atoms. The number of rotatable bonds is 7. The molecule has 0 heterocycles. The molecular formula is C14H22N2O2. The minimum atomic E-state index is -0.310. The maximum atomic E-state index is 10.9. The van der Waals surface area contributed by atoms with Gasteiger partial charge in [-0.05, 0) is 25.3 Å². The number of nitro groups is 1. The lowest BCUT2D eigenvalue weighted by Crippen LogP contribution is -2.34. The smallest absolute Gasteiger partial charge is 0.272 e. The Labute approximate surface area is 109 Å². The predicted octanol–water partition coefficient (Wildman–Crippen LogP) is 3.16. The summed E-state index contributed by atoms with van der Waals surface area (Å²) in [4.78, 5) is 10.6. The fourth-order valence-corrected chi connectivity index (χ4v) is 2.14. The molecule has 1 atom stereocenters. The van der Waals surface area contributed by atoms with Crippen LogP contribution in [0.25, 0.3) is 0 Å². The maximum absolute atomic E-state index is 10.9. The summed E-state index contributed by atoms with van der Waals surface area (Å²) in [7, 11) is 0. The zero-order valence-corrected chi connectivity index (χ0v) is 11.3. The van der Waals surface area contributed by atoms with E-state index >= 15 is 0 Å². The van der Waals surface area contributed by atoms with E-state index < -0.39 is 0 Å². The molecule has 100 valence electrons. The van der Waals surface area contributed by atoms with Crippen LogP contribution < -0.4 is 5.32 Å². The molecule has 4 heteroatoms. The summed E-state index contributed by atoms with van der Waals surface area (Å²) < 4.78 is 0. The molecule has 0 aliphatic rings. The van der Waals surface area contributed by atoms with Gasteiger partial charge in [-0.1, -0.05) is 39.0 Å². The lowest BCUT2D eigenvalue weighted by molar-refractivity contribution is -0.385. The van der Waals surface area contributed by atoms with Crippen LogP contribution >= 0.6 is 0 Å². The van der Waals surface area contributed by atoms with E-state index in [0.29, 0.717) is 18.4 Å². The van der Waals surface area contributed by atoms with Crippen LogP contribution in [0.1, 0.15) is 32.8 Å². The molecule has 4 nitrogen and oxygen atoms in total. The van der Waals surface area contributed by atoms with E-state index in [0.717, 1.165) is 18.5 Å². The van der Waals surface area contributed by atoms with Crippen LogP contribution in [0, 0.1) is 16.0 Å². The molecule has 0 aliphatic carbocycles. The minimum absolute atomic E-state index is 0.219. The topological polar surface area (TPSA) is 55.2 Å². The van der Waals surface area contributed by atoms with Crippen molar-refractivity contribution in [3.05, 3.63) is 39.9 Å². The third kappa shape index (κ3) is 4.11. The molecule has 0 aliphatic heterocycles. The van der Waals surface area contributed by atoms with E-state index in [4.69, 9.17) is 0 Å². The molecule has 0 saturated heterocycles. The summed E-state index contributed by atoms with van der Waals surface area (Å²) in [5, 5.41) is 14.3. The molecular weight excluding hydrogens is 228 g/mol. The van der Waals surface area contributed by atoms with Crippen molar-refractivity contribution in [2.24, 2.45) is 5.92 Å². The lowest BCUT2D eigenvalue weighted by Gasteiger charge is -2.20. The Hall–Kier alpha value is -1.42. The first-order valence-corrected chi connectivity index (χ1v) is 6.52. The summed E-state index contributed by atoms with van der Waals surface area (Å²) in [6.07, 6.45) is 1.77. The summed E-state index contributed by atoms with van der Waals surface area (Å²) in [6.45, 7) is 7.31. The zero-order chi connectivity index (χ0) is 13.5. The SMILES string of the molecule is CCC(NCCc1ccccc1[N+](=O)[O-])C(C)C. The average molecular weight is 250 g/mol. The number of para-hydroxylation sites is 1. The number of hydrogen-bond acceptors (Lipinski definition) is 3. The second kappa shape index (κ2) is 7.11. The number of hydrogen-bond donors (Lipinski definition) is 1. The molecule has 0 spiro atoms. The van der Waals surface area contributed by atoms with Crippen LogP contribution in [-0.2, 0) is 6.42 Å². The molecule has 1 aromatic rings. The number of benzene rings is 1. The van der Waals surface area contributed by atoms with E-state index in [1.54, 1.807) is 12.1 Å². The Morgan fingerprint density at radius 1 is 1.33 bits per heavy atom. The first-order chi connectivity index (χ1) is 8.56. The first kappa shape index (κ1) is 14.6. The number of nitrogens with one attached hydrogen (secondary N) is 1. The third-order valence-electron chi connectivity index (χ3n) is 3.23. The molecule has 0 fully saturated rings. The quantitative estimate of drug-likeness (QED) is 0.597. The highest BCUT2D eigenvalue weighted by atomic mass is 16.6. The van der Waals surface area contributed by atoms with Crippen LogP contribution in [0.15, 0.2) is 24.3 Å². The minimum Gasteiger partial charge on any atom is -0.313 e. The average Bonchev–Trinajstić information content (AvgIpc) is 2.34. The highest BCUT2D eigenvalue weighted by Gasteiger charge is 2.13. The Bertz CT molecular complexity index is 391. The third-order valence-corrected chi connectivity index (χ3v) is 3.23. The van der Waals surface area contributed by atoms with Crippen molar-refractivity contribution in [2.75, 3.05) is 6.54 Å². The van der Waals surface area contributed by atoms with Gasteiger partial charge in [-0.3, -0.25) is 10.1 Å². The summed E-state index contributed by atoms with van der Waals surface area (Å²) in [5.41, 5.74) is 1.02. The molecule has 0 amide bonds. The van der Waals surface area contributed by atoms with Gasteiger partial charge >= 0.3 is 0 Å². The Morgan fingerprint density at radius 2 is 2.00 bits per heavy atom. The predicted molar refractivity (Wildman–Crippen MR) is 73.7 cm³/mol. The van der Waals surface area contributed by atoms with Gasteiger partial charge in [0.1, 0.15) is 0 Å². The van der Waals surface area contributed by atoms with E-state index in [-0.39, 0.29) is 10.6 Å². The normalized spacial score (nSPS) is 12.7. The van der Waals surface area contributed by atoms with Gasteiger partial charge in [0, 0.05) is 17.7 Å². The van der Waals surface area contributed by atoms with Crippen molar-refractivity contribution in [2.45, 2.75) is 39.7 Å². The summed E-state index contributed by atoms with van der Waals surface area (Å²) in [6, 6.07) is 7.43. The Morgan fingerprint density at radius 3 is 2.56 bits per heavy atom. The van der Waals surface area contributed by atoms with Gasteiger partial charge in [0.15, 0.2) is 0 Å². The van der Waals surface area contributed by atoms with Crippen molar-refractivity contribution in [1.82, 2.24) is 5.32 Å². The van der Waals surface area contributed by atoms with E-state index in [1.165, 1.54) is 0 Å². The van der Waals surface area contributed by atoms with Crippen LogP contribution in [-0.4, -0.2) is 17.5 Å². The van der Waals surface area contributed by atoms with Crippen LogP contribution in [0.2, 0.25) is 0 Å². The van der Waals surface area contributed by atoms with Gasteiger partial charge in [0.2, 0.25) is 0 Å². The van der Waals surface area contributed by atoms with Gasteiger partial charge in [-0.2, -0.15) is 0 Å². The van der Waals surface area contributed by atoms with Crippen molar-refractivity contribution in [3.8, 4) is 0 Å². The van der Waals surface area contributed by atoms with Crippen LogP contribution in [0.4, 0.5) is 5.69 Å². The number of nitrogens with zero attached hydrogens (tertiary/aromatic N) is 1. The lowest BCUT2D eigenvalue weighted by atomic mass is 10.0. The molecule has 1 rings (SSSR count). The molecule has 1 aromatic carbocycles. The van der Waals surface area contributed by atoms with E-state index in [1.807, 2.05) is 12.1 Å². The van der Waals surface area contributed by atoms with E-state index in [2.05, 4.69) is 26.1 Å². The van der Waals surface area contributed by atoms with Crippen molar-refractivity contribution < 1.29 is 4.92 Å². The second-order valence-corrected chi connectivity index (χ2v) is 4.85. The highest BCUT2D eigenvalue weighted by Crippen LogP contribution is 2.17. The largest absolute Gasteiger partial charge is 0.313 e. The summed E-state index contributed by atoms with van der Waals surface area (Å²) in [5.74, 6) is 0.584. The standard InChI is InChI=1S/C14H22N2O2/c1-4-13(11(2)3)15-10-9-12-7-5-6-8-14(12)16(17)18/h5-8,11,13,15H,4,9-10H2,1-3H3. The zero-order valence-electron chi connectivity index (χ0n) is 11.3. The molecule has 1 unspecified atom stereocenters. The maximum Gasteiger partial charge on any atom is 0.272 e. The first-order valence-electron chi connectivity index (χ1n) is 6.52. The van der Waals surface area contributed by atoms with Gasteiger partial charge in [0.05, 0.1) is 4.92 Å². The molecule has 0 aromatic heterocycles. The fourth-order valence-electron chi connectivity index (χ4n) is 2.14. The molecule has 0 saturated carbocycles. The fraction of sp³-hybridized carbons (Fsp3) is 0.571. The van der Waals surface area contributed by atoms with Crippen molar-refractivity contribution in [3.63, 3.8) is 0 Å². The van der Waals surface area contributed by atoms with E-state index in [9.17, 15) is 10.1 Å². The van der Waals surface area contributed by atoms with Crippen LogP contribution in [0.5, 0.6) is 0 Å². The van der Waals surface area contributed by atoms with Crippen LogP contribution in [0.3, 0.4) is 0 Å². The highest BCUT2D eigenvalue weighted by molar-refractivity contribution is 5.39. The van der Waals surface area contributed by atoms with Crippen molar-refractivity contribution in [1.29, 1.82) is 0 Å². The van der Waals surface area contributed by atoms with Crippen molar-refractivity contribution >= 4 is 5.69 Å². The van der Waals surface area contributed by atoms with Gasteiger partial charge in [0.25, 0.3) is 5.69 Å². The summed E-state index contributed by atoms with van der Waals surface area (Å²) >= 11 is 0. The molecule has 0 bridgehead atoms. The Kier molecular flexibility index (Phi) is 5.78. The monoisotopic (exact) mass is 250 g/mol. The van der Waals surface area contributed by atoms with Gasteiger partial charge in [-0.25, -0.2) is 0 Å². The number of nitro benzene ring substituents is 1. The second-order valence-electron chi connectivity index (χ2n) is 4.85.